The maximum Gasteiger partial charge on any atom is 0.308 e. The van der Waals surface area contributed by atoms with Gasteiger partial charge in [0.15, 0.2) is 5.11 Å². The Morgan fingerprint density at radius 3 is 2.38 bits per heavy atom. The van der Waals surface area contributed by atoms with Crippen molar-refractivity contribution in [2.75, 3.05) is 19.7 Å². The Morgan fingerprint density at radius 2 is 1.76 bits per heavy atom. The van der Waals surface area contributed by atoms with Gasteiger partial charge in [0.2, 0.25) is 5.91 Å². The summed E-state index contributed by atoms with van der Waals surface area (Å²) < 4.78 is 5.26. The number of thiocarbonyl (C=S) groups is 1. The quantitative estimate of drug-likeness (QED) is 0.160. The third kappa shape index (κ3) is 7.51. The smallest absolute Gasteiger partial charge is 0.308 e. The molecular formula is C23H23N5O8S. The summed E-state index contributed by atoms with van der Waals surface area (Å²) in [6, 6.07) is 11.1. The van der Waals surface area contributed by atoms with E-state index in [2.05, 4.69) is 10.6 Å². The van der Waals surface area contributed by atoms with Gasteiger partial charge in [-0.15, -0.1) is 0 Å². The second kappa shape index (κ2) is 12.5. The topological polar surface area (TPSA) is 174 Å². The number of aryl methyl sites for hydroxylation is 1. The number of nitro groups is 2. The molecule has 2 amide bonds. The number of hydrogen-bond acceptors (Lipinski definition) is 9. The lowest BCUT2D eigenvalue weighted by Crippen LogP contribution is -2.60. The van der Waals surface area contributed by atoms with Crippen LogP contribution in [0.2, 0.25) is 0 Å². The number of amides is 2. The van der Waals surface area contributed by atoms with Gasteiger partial charge in [0.25, 0.3) is 17.3 Å². The number of nitrogens with zero attached hydrogens (tertiary/aromatic N) is 3. The average Bonchev–Trinajstić information content (AvgIpc) is 2.88. The highest BCUT2D eigenvalue weighted by atomic mass is 32.1. The number of benzene rings is 2. The predicted molar refractivity (Wildman–Crippen MR) is 134 cm³/mol. The van der Waals surface area contributed by atoms with E-state index in [0.29, 0.717) is 6.42 Å². The summed E-state index contributed by atoms with van der Waals surface area (Å²) in [5.41, 5.74) is -0.545. The molecule has 13 nitrogen and oxygen atoms in total. The number of hydrogen-bond donors (Lipinski definition) is 2. The molecule has 1 fully saturated rings. The minimum atomic E-state index is -1.05. The van der Waals surface area contributed by atoms with E-state index in [-0.39, 0.29) is 36.8 Å². The minimum absolute atomic E-state index is 0.162. The molecule has 14 heteroatoms. The molecule has 0 aliphatic carbocycles. The molecule has 1 aliphatic rings. The van der Waals surface area contributed by atoms with E-state index in [9.17, 15) is 34.6 Å². The molecule has 2 aromatic rings. The first-order chi connectivity index (χ1) is 17.7. The second-order valence-electron chi connectivity index (χ2n) is 8.03. The van der Waals surface area contributed by atoms with E-state index in [4.69, 9.17) is 17.0 Å². The van der Waals surface area contributed by atoms with Gasteiger partial charge in [0, 0.05) is 25.2 Å². The highest BCUT2D eigenvalue weighted by Crippen LogP contribution is 2.23. The number of piperazine rings is 1. The summed E-state index contributed by atoms with van der Waals surface area (Å²) in [4.78, 5) is 59.4. The van der Waals surface area contributed by atoms with Crippen molar-refractivity contribution < 1.29 is 29.0 Å². The van der Waals surface area contributed by atoms with E-state index in [1.807, 2.05) is 30.3 Å². The molecule has 1 aliphatic heterocycles. The van der Waals surface area contributed by atoms with Crippen LogP contribution in [0, 0.1) is 20.2 Å². The first kappa shape index (κ1) is 27.1. The minimum Gasteiger partial charge on any atom is -0.466 e. The van der Waals surface area contributed by atoms with Gasteiger partial charge in [-0.3, -0.25) is 39.9 Å². The Balaban J connectivity index is 1.61. The first-order valence-corrected chi connectivity index (χ1v) is 11.6. The molecule has 2 N–H and O–H groups in total. The summed E-state index contributed by atoms with van der Waals surface area (Å²) >= 11 is 5.26. The zero-order valence-corrected chi connectivity index (χ0v) is 20.3. The lowest BCUT2D eigenvalue weighted by molar-refractivity contribution is -0.394. The normalized spacial score (nSPS) is 14.9. The Labute approximate surface area is 216 Å². The van der Waals surface area contributed by atoms with Crippen molar-refractivity contribution in [2.45, 2.75) is 25.3 Å². The van der Waals surface area contributed by atoms with Gasteiger partial charge >= 0.3 is 5.97 Å². The number of rotatable bonds is 9. The van der Waals surface area contributed by atoms with Gasteiger partial charge in [0.05, 0.1) is 34.5 Å². The molecule has 0 aromatic heterocycles. The average molecular weight is 530 g/mol. The number of ether oxygens (including phenoxy) is 1. The maximum atomic E-state index is 12.7. The van der Waals surface area contributed by atoms with Crippen LogP contribution < -0.4 is 10.6 Å². The summed E-state index contributed by atoms with van der Waals surface area (Å²) in [5, 5.41) is 26.9. The van der Waals surface area contributed by atoms with E-state index in [0.717, 1.165) is 30.2 Å². The van der Waals surface area contributed by atoms with Gasteiger partial charge in [0.1, 0.15) is 6.04 Å². The summed E-state index contributed by atoms with van der Waals surface area (Å²) in [7, 11) is 0. The number of carbonyl (C=O) groups excluding carboxylic acids is 3. The van der Waals surface area contributed by atoms with Crippen LogP contribution in [0.25, 0.3) is 0 Å². The molecular weight excluding hydrogens is 506 g/mol. The standard InChI is InChI=1S/C23H23N5O8S/c29-20(36-10-4-7-15-5-2-1-3-6-15)14-19-22(31)24-8-9-26(19)23(37)25-21(30)16-11-17(27(32)33)13-18(12-16)28(34)35/h1-3,5-6,11-13,19H,4,7-10,14H2,(H,24,31)(H,25,30,37). The van der Waals surface area contributed by atoms with E-state index in [1.54, 1.807) is 0 Å². The Morgan fingerprint density at radius 1 is 1.11 bits per heavy atom. The zero-order chi connectivity index (χ0) is 26.9. The maximum absolute atomic E-state index is 12.7. The van der Waals surface area contributed by atoms with Crippen molar-refractivity contribution in [3.63, 3.8) is 0 Å². The molecule has 0 saturated carbocycles. The highest BCUT2D eigenvalue weighted by Gasteiger charge is 2.34. The summed E-state index contributed by atoms with van der Waals surface area (Å²) in [5.74, 6) is -2.05. The number of non-ortho nitro benzene ring substituents is 2. The second-order valence-corrected chi connectivity index (χ2v) is 8.41. The Bertz CT molecular complexity index is 1190. The first-order valence-electron chi connectivity index (χ1n) is 11.2. The fourth-order valence-electron chi connectivity index (χ4n) is 3.66. The van der Waals surface area contributed by atoms with Crippen molar-refractivity contribution in [3.05, 3.63) is 79.9 Å². The van der Waals surface area contributed by atoms with Crippen LogP contribution in [0.3, 0.4) is 0 Å². The molecule has 1 atom stereocenters. The number of nitrogens with one attached hydrogen (secondary N) is 2. The summed E-state index contributed by atoms with van der Waals surface area (Å²) in [6.07, 6.45) is 0.992. The van der Waals surface area contributed by atoms with Crippen molar-refractivity contribution in [3.8, 4) is 0 Å². The molecule has 2 aromatic carbocycles. The van der Waals surface area contributed by atoms with Crippen LogP contribution in [0.5, 0.6) is 0 Å². The van der Waals surface area contributed by atoms with Crippen molar-refractivity contribution in [1.29, 1.82) is 0 Å². The fraction of sp³-hybridized carbons (Fsp3) is 0.304. The van der Waals surface area contributed by atoms with Gasteiger partial charge in [-0.25, -0.2) is 0 Å². The largest absolute Gasteiger partial charge is 0.466 e. The third-order valence-corrected chi connectivity index (χ3v) is 5.81. The van der Waals surface area contributed by atoms with E-state index >= 15 is 0 Å². The summed E-state index contributed by atoms with van der Waals surface area (Å²) in [6.45, 7) is 0.528. The van der Waals surface area contributed by atoms with Crippen LogP contribution in [-0.2, 0) is 20.7 Å². The Kier molecular flexibility index (Phi) is 9.16. The van der Waals surface area contributed by atoms with Crippen LogP contribution in [0.1, 0.15) is 28.8 Å². The number of nitro benzene ring substituents is 2. The van der Waals surface area contributed by atoms with Crippen LogP contribution in [0.4, 0.5) is 11.4 Å². The predicted octanol–water partition coefficient (Wildman–Crippen LogP) is 1.88. The van der Waals surface area contributed by atoms with Crippen molar-refractivity contribution in [2.24, 2.45) is 0 Å². The molecule has 0 bridgehead atoms. The molecule has 1 saturated heterocycles. The van der Waals surface area contributed by atoms with Crippen LogP contribution in [-0.4, -0.2) is 63.4 Å². The number of carbonyl (C=O) groups is 3. The molecule has 37 heavy (non-hydrogen) atoms. The molecule has 1 heterocycles. The number of esters is 1. The van der Waals surface area contributed by atoms with Gasteiger partial charge in [-0.05, 0) is 30.6 Å². The third-order valence-electron chi connectivity index (χ3n) is 5.47. The van der Waals surface area contributed by atoms with Crippen molar-refractivity contribution >= 4 is 46.5 Å². The van der Waals surface area contributed by atoms with E-state index in [1.165, 1.54) is 4.90 Å². The van der Waals surface area contributed by atoms with Gasteiger partial charge in [-0.1, -0.05) is 30.3 Å². The Hall–Kier alpha value is -4.46. The molecule has 0 spiro atoms. The van der Waals surface area contributed by atoms with Crippen LogP contribution in [0.15, 0.2) is 48.5 Å². The molecule has 0 radical (unpaired) electrons. The monoisotopic (exact) mass is 529 g/mol. The lowest BCUT2D eigenvalue weighted by atomic mass is 10.1. The van der Waals surface area contributed by atoms with Crippen LogP contribution >= 0.6 is 12.2 Å². The van der Waals surface area contributed by atoms with Gasteiger partial charge in [-0.2, -0.15) is 0 Å². The molecule has 3 rings (SSSR count). The van der Waals surface area contributed by atoms with Gasteiger partial charge < -0.3 is 15.0 Å². The molecule has 194 valence electrons. The van der Waals surface area contributed by atoms with Crippen molar-refractivity contribution in [1.82, 2.24) is 15.5 Å². The lowest BCUT2D eigenvalue weighted by Gasteiger charge is -2.36. The van der Waals surface area contributed by atoms with E-state index < -0.39 is 45.0 Å². The highest BCUT2D eigenvalue weighted by molar-refractivity contribution is 7.80. The zero-order valence-electron chi connectivity index (χ0n) is 19.5. The fourth-order valence-corrected chi connectivity index (χ4v) is 3.97. The SMILES string of the molecule is O=C(CC1C(=O)NCCN1C(=S)NC(=O)c1cc([N+](=O)[O-])cc([N+](=O)[O-])c1)OCCCc1ccccc1. The molecule has 1 unspecified atom stereocenters.